The minimum Gasteiger partial charge on any atom is -0.391 e. The monoisotopic (exact) mass is 506 g/mol. The van der Waals surface area contributed by atoms with Gasteiger partial charge in [0.15, 0.2) is 0 Å². The van der Waals surface area contributed by atoms with Gasteiger partial charge in [0.2, 0.25) is 5.88 Å². The molecular formula is C30H30N6O2. The number of nitrogens with zero attached hydrogens (tertiary/aromatic N) is 4. The average molecular weight is 507 g/mol. The number of aryl methyl sites for hydroxylation is 1. The van der Waals surface area contributed by atoms with Gasteiger partial charge in [-0.2, -0.15) is 0 Å². The van der Waals surface area contributed by atoms with Crippen molar-refractivity contribution in [3.8, 4) is 5.88 Å². The first kappa shape index (κ1) is 24.1. The molecule has 2 aromatic carbocycles. The van der Waals surface area contributed by atoms with Crippen molar-refractivity contribution in [2.45, 2.75) is 38.3 Å². The molecule has 0 bridgehead atoms. The van der Waals surface area contributed by atoms with E-state index in [1.54, 1.807) is 12.3 Å². The molecule has 3 heterocycles. The number of aromatic amines is 1. The number of amides is 1. The summed E-state index contributed by atoms with van der Waals surface area (Å²) in [4.78, 5) is 32.2. The Morgan fingerprint density at radius 1 is 1.05 bits per heavy atom. The summed E-state index contributed by atoms with van der Waals surface area (Å²) in [6.07, 6.45) is 7.10. The second-order valence-electron chi connectivity index (χ2n) is 9.67. The molecule has 192 valence electrons. The molecule has 8 heteroatoms. The maximum Gasteiger partial charge on any atom is 0.413 e. The molecule has 38 heavy (non-hydrogen) atoms. The fraction of sp³-hybridized carbons (Fsp3) is 0.267. The van der Waals surface area contributed by atoms with E-state index in [1.165, 1.54) is 5.56 Å². The van der Waals surface area contributed by atoms with Gasteiger partial charge in [0.25, 0.3) is 0 Å². The molecule has 1 aliphatic carbocycles. The minimum absolute atomic E-state index is 0.210. The molecule has 1 unspecified atom stereocenters. The molecule has 1 amide bonds. The summed E-state index contributed by atoms with van der Waals surface area (Å²) in [5, 5.41) is 4.86. The number of rotatable bonds is 8. The lowest BCUT2D eigenvalue weighted by Gasteiger charge is -2.34. The van der Waals surface area contributed by atoms with Crippen LogP contribution >= 0.6 is 0 Å². The van der Waals surface area contributed by atoms with Gasteiger partial charge in [-0.25, -0.2) is 14.8 Å². The normalized spacial score (nSPS) is 15.0. The summed E-state index contributed by atoms with van der Waals surface area (Å²) in [6.45, 7) is 1.96. The van der Waals surface area contributed by atoms with Crippen molar-refractivity contribution in [2.24, 2.45) is 0 Å². The van der Waals surface area contributed by atoms with Crippen molar-refractivity contribution in [3.63, 3.8) is 0 Å². The molecular weight excluding hydrogens is 476 g/mol. The number of benzene rings is 2. The summed E-state index contributed by atoms with van der Waals surface area (Å²) < 4.78 is 5.42. The van der Waals surface area contributed by atoms with Crippen molar-refractivity contribution in [3.05, 3.63) is 96.2 Å². The van der Waals surface area contributed by atoms with E-state index >= 15 is 0 Å². The summed E-state index contributed by atoms with van der Waals surface area (Å²) >= 11 is 0. The fourth-order valence-corrected chi connectivity index (χ4v) is 5.28. The molecule has 8 nitrogen and oxygen atoms in total. The van der Waals surface area contributed by atoms with Gasteiger partial charge in [0, 0.05) is 36.9 Å². The SMILES string of the molecule is O=C(NCCCN(Cc1nc2ccccc2[nH]1)C1CCCc2cccnc21)Oc1cc2ccccc2cn1. The molecule has 0 saturated carbocycles. The number of fused-ring (bicyclic) bond motifs is 3. The van der Waals surface area contributed by atoms with Crippen molar-refractivity contribution < 1.29 is 9.53 Å². The first-order valence-corrected chi connectivity index (χ1v) is 13.1. The van der Waals surface area contributed by atoms with Crippen LogP contribution < -0.4 is 10.1 Å². The lowest BCUT2D eigenvalue weighted by atomic mass is 9.90. The molecule has 6 rings (SSSR count). The third-order valence-electron chi connectivity index (χ3n) is 7.09. The Bertz CT molecular complexity index is 1530. The smallest absolute Gasteiger partial charge is 0.391 e. The highest BCUT2D eigenvalue weighted by atomic mass is 16.6. The van der Waals surface area contributed by atoms with Gasteiger partial charge in [-0.1, -0.05) is 42.5 Å². The number of pyridine rings is 2. The Morgan fingerprint density at radius 3 is 2.84 bits per heavy atom. The zero-order chi connectivity index (χ0) is 25.7. The number of ether oxygens (including phenoxy) is 1. The number of aromatic nitrogens is 4. The van der Waals surface area contributed by atoms with E-state index in [9.17, 15) is 4.79 Å². The molecule has 0 aliphatic heterocycles. The van der Waals surface area contributed by atoms with E-state index in [0.29, 0.717) is 13.1 Å². The number of hydrogen-bond acceptors (Lipinski definition) is 6. The Balaban J connectivity index is 1.11. The van der Waals surface area contributed by atoms with Crippen LogP contribution in [0, 0.1) is 0 Å². The Labute approximate surface area is 221 Å². The van der Waals surface area contributed by atoms with Crippen molar-refractivity contribution in [1.82, 2.24) is 30.2 Å². The zero-order valence-electron chi connectivity index (χ0n) is 21.1. The van der Waals surface area contributed by atoms with Gasteiger partial charge in [0.05, 0.1) is 29.3 Å². The highest BCUT2D eigenvalue weighted by molar-refractivity contribution is 5.83. The van der Waals surface area contributed by atoms with E-state index in [2.05, 4.69) is 26.3 Å². The first-order chi connectivity index (χ1) is 18.7. The highest BCUT2D eigenvalue weighted by Gasteiger charge is 2.27. The van der Waals surface area contributed by atoms with Crippen LogP contribution in [0.25, 0.3) is 21.8 Å². The van der Waals surface area contributed by atoms with Crippen LogP contribution in [0.2, 0.25) is 0 Å². The number of carbonyl (C=O) groups excluding carboxylic acids is 1. The molecule has 5 aromatic rings. The molecule has 2 N–H and O–H groups in total. The third kappa shape index (κ3) is 5.35. The lowest BCUT2D eigenvalue weighted by Crippen LogP contribution is -2.35. The highest BCUT2D eigenvalue weighted by Crippen LogP contribution is 2.33. The van der Waals surface area contributed by atoms with E-state index in [4.69, 9.17) is 14.7 Å². The summed E-state index contributed by atoms with van der Waals surface area (Å²) in [5.41, 5.74) is 4.49. The van der Waals surface area contributed by atoms with Gasteiger partial charge in [-0.15, -0.1) is 0 Å². The molecule has 3 aromatic heterocycles. The first-order valence-electron chi connectivity index (χ1n) is 13.1. The number of para-hydroxylation sites is 2. The zero-order valence-corrected chi connectivity index (χ0v) is 21.1. The number of imidazole rings is 1. The molecule has 0 saturated heterocycles. The van der Waals surface area contributed by atoms with Crippen molar-refractivity contribution >= 4 is 27.9 Å². The molecule has 0 spiro atoms. The Morgan fingerprint density at radius 2 is 1.92 bits per heavy atom. The summed E-state index contributed by atoms with van der Waals surface area (Å²) in [6, 6.07) is 22.1. The maximum atomic E-state index is 12.4. The lowest BCUT2D eigenvalue weighted by molar-refractivity contribution is 0.158. The quantitative estimate of drug-likeness (QED) is 0.267. The van der Waals surface area contributed by atoms with E-state index in [1.807, 2.05) is 60.8 Å². The molecule has 0 fully saturated rings. The van der Waals surface area contributed by atoms with Gasteiger partial charge in [-0.05, 0) is 54.8 Å². The fourth-order valence-electron chi connectivity index (χ4n) is 5.28. The Kier molecular flexibility index (Phi) is 6.95. The number of nitrogens with one attached hydrogen (secondary N) is 2. The topological polar surface area (TPSA) is 96.0 Å². The second-order valence-corrected chi connectivity index (χ2v) is 9.67. The van der Waals surface area contributed by atoms with Crippen LogP contribution in [0.1, 0.15) is 42.4 Å². The predicted molar refractivity (Wildman–Crippen MR) is 147 cm³/mol. The summed E-state index contributed by atoms with van der Waals surface area (Å²) in [7, 11) is 0. The van der Waals surface area contributed by atoms with Crippen LogP contribution in [0.5, 0.6) is 5.88 Å². The Hall–Kier alpha value is -4.30. The van der Waals surface area contributed by atoms with Crippen molar-refractivity contribution in [1.29, 1.82) is 0 Å². The third-order valence-corrected chi connectivity index (χ3v) is 7.09. The van der Waals surface area contributed by atoms with Crippen LogP contribution in [-0.4, -0.2) is 44.0 Å². The molecule has 1 atom stereocenters. The number of H-pyrrole nitrogens is 1. The van der Waals surface area contributed by atoms with Crippen LogP contribution in [0.3, 0.4) is 0 Å². The summed E-state index contributed by atoms with van der Waals surface area (Å²) in [5.74, 6) is 1.22. The predicted octanol–water partition coefficient (Wildman–Crippen LogP) is 5.56. The van der Waals surface area contributed by atoms with Gasteiger partial charge in [0.1, 0.15) is 5.82 Å². The van der Waals surface area contributed by atoms with Crippen LogP contribution in [-0.2, 0) is 13.0 Å². The molecule has 0 radical (unpaired) electrons. The number of carbonyl (C=O) groups is 1. The average Bonchev–Trinajstić information content (AvgIpc) is 3.37. The van der Waals surface area contributed by atoms with E-state index < -0.39 is 6.09 Å². The second kappa shape index (κ2) is 11.0. The van der Waals surface area contributed by atoms with Crippen molar-refractivity contribution in [2.75, 3.05) is 13.1 Å². The molecule has 1 aliphatic rings. The largest absolute Gasteiger partial charge is 0.413 e. The maximum absolute atomic E-state index is 12.4. The van der Waals surface area contributed by atoms with Gasteiger partial charge < -0.3 is 15.0 Å². The van der Waals surface area contributed by atoms with Gasteiger partial charge in [-0.3, -0.25) is 9.88 Å². The number of hydrogen-bond donors (Lipinski definition) is 2. The van der Waals surface area contributed by atoms with Gasteiger partial charge >= 0.3 is 6.09 Å². The standard InChI is InChI=1S/C30H30N6O2/c37-30(38-28-18-22-8-1-2-9-23(22)19-33-28)32-16-7-17-36(20-27-34-24-12-3-4-13-25(24)35-27)26-14-5-10-21-11-6-15-31-29(21)26/h1-4,6,8-9,11-13,15,18-19,26H,5,7,10,14,16-17,20H2,(H,32,37)(H,34,35). The van der Waals surface area contributed by atoms with E-state index in [-0.39, 0.29) is 11.9 Å². The van der Waals surface area contributed by atoms with Crippen LogP contribution in [0.15, 0.2) is 79.1 Å². The van der Waals surface area contributed by atoms with Crippen LogP contribution in [0.4, 0.5) is 4.79 Å². The minimum atomic E-state index is -0.499. The van der Waals surface area contributed by atoms with E-state index in [0.717, 1.165) is 65.6 Å².